The quantitative estimate of drug-likeness (QED) is 0.825. The van der Waals surface area contributed by atoms with E-state index < -0.39 is 0 Å². The lowest BCUT2D eigenvalue weighted by molar-refractivity contribution is 0.288. The molecule has 0 amide bonds. The van der Waals surface area contributed by atoms with Gasteiger partial charge >= 0.3 is 0 Å². The van der Waals surface area contributed by atoms with Crippen LogP contribution in [-0.2, 0) is 6.42 Å². The van der Waals surface area contributed by atoms with Crippen molar-refractivity contribution >= 4 is 10.9 Å². The van der Waals surface area contributed by atoms with Crippen molar-refractivity contribution in [2.24, 2.45) is 0 Å². The molecule has 0 spiro atoms. The van der Waals surface area contributed by atoms with E-state index in [1.807, 2.05) is 18.2 Å². The summed E-state index contributed by atoms with van der Waals surface area (Å²) in [5, 5.41) is 9.91. The molecule has 77 valence electrons. The maximum absolute atomic E-state index is 8.78. The smallest absolute Gasteiger partial charge is 0.0734 e. The number of rotatable bonds is 3. The number of fused-ring (bicyclic) bond motifs is 1. The summed E-state index contributed by atoms with van der Waals surface area (Å²) < 4.78 is 0. The third-order valence-corrected chi connectivity index (χ3v) is 2.47. The SMILES string of the molecule is [CH2]c1cc(CCCO)cc2cccnc12. The lowest BCUT2D eigenvalue weighted by atomic mass is 10.0. The van der Waals surface area contributed by atoms with Crippen molar-refractivity contribution in [3.63, 3.8) is 0 Å². The number of aliphatic hydroxyl groups is 1. The Morgan fingerprint density at radius 2 is 2.20 bits per heavy atom. The Hall–Kier alpha value is -1.41. The van der Waals surface area contributed by atoms with Gasteiger partial charge in [0, 0.05) is 18.2 Å². The summed E-state index contributed by atoms with van der Waals surface area (Å²) in [6.45, 7) is 4.23. The van der Waals surface area contributed by atoms with Crippen molar-refractivity contribution in [1.29, 1.82) is 0 Å². The molecule has 2 aromatic rings. The van der Waals surface area contributed by atoms with E-state index in [2.05, 4.69) is 18.0 Å². The largest absolute Gasteiger partial charge is 0.396 e. The lowest BCUT2D eigenvalue weighted by Crippen LogP contribution is -1.92. The molecule has 0 saturated carbocycles. The van der Waals surface area contributed by atoms with Crippen molar-refractivity contribution in [1.82, 2.24) is 4.98 Å². The van der Waals surface area contributed by atoms with Crippen LogP contribution in [0, 0.1) is 6.92 Å². The van der Waals surface area contributed by atoms with Crippen molar-refractivity contribution in [3.05, 3.63) is 48.5 Å². The van der Waals surface area contributed by atoms with Crippen LogP contribution in [0.25, 0.3) is 10.9 Å². The first-order valence-electron chi connectivity index (χ1n) is 5.12. The van der Waals surface area contributed by atoms with Crippen molar-refractivity contribution in [3.8, 4) is 0 Å². The summed E-state index contributed by atoms with van der Waals surface area (Å²) in [7, 11) is 0. The average molecular weight is 200 g/mol. The molecule has 1 heterocycles. The second-order valence-corrected chi connectivity index (χ2v) is 3.66. The van der Waals surface area contributed by atoms with Crippen molar-refractivity contribution in [2.75, 3.05) is 6.61 Å². The standard InChI is InChI=1S/C13H14NO/c1-10-8-11(4-3-7-15)9-12-5-2-6-14-13(10)12/h2,5-6,8-9,15H,1,3-4,7H2. The molecule has 1 aromatic carbocycles. The fourth-order valence-corrected chi connectivity index (χ4v) is 1.76. The monoisotopic (exact) mass is 200 g/mol. The second kappa shape index (κ2) is 4.41. The van der Waals surface area contributed by atoms with E-state index >= 15 is 0 Å². The molecular weight excluding hydrogens is 186 g/mol. The van der Waals surface area contributed by atoms with Crippen LogP contribution in [-0.4, -0.2) is 16.7 Å². The van der Waals surface area contributed by atoms with Gasteiger partial charge in [-0.05, 0) is 43.0 Å². The van der Waals surface area contributed by atoms with Gasteiger partial charge in [0.2, 0.25) is 0 Å². The summed E-state index contributed by atoms with van der Waals surface area (Å²) in [6.07, 6.45) is 3.47. The van der Waals surface area contributed by atoms with E-state index in [0.29, 0.717) is 0 Å². The Labute approximate surface area is 89.6 Å². The molecule has 2 nitrogen and oxygen atoms in total. The first-order chi connectivity index (χ1) is 7.31. The molecule has 2 heteroatoms. The lowest BCUT2D eigenvalue weighted by Gasteiger charge is -2.05. The first-order valence-corrected chi connectivity index (χ1v) is 5.12. The van der Waals surface area contributed by atoms with Crippen LogP contribution in [0.5, 0.6) is 0 Å². The molecule has 2 rings (SSSR count). The molecule has 0 aliphatic heterocycles. The van der Waals surface area contributed by atoms with E-state index in [0.717, 1.165) is 29.3 Å². The molecule has 1 radical (unpaired) electrons. The summed E-state index contributed by atoms with van der Waals surface area (Å²) in [6, 6.07) is 8.13. The van der Waals surface area contributed by atoms with Crippen molar-refractivity contribution in [2.45, 2.75) is 12.8 Å². The van der Waals surface area contributed by atoms with Crippen LogP contribution in [0.15, 0.2) is 30.5 Å². The zero-order chi connectivity index (χ0) is 10.7. The summed E-state index contributed by atoms with van der Waals surface area (Å²) >= 11 is 0. The van der Waals surface area contributed by atoms with Gasteiger partial charge in [-0.2, -0.15) is 0 Å². The number of hydrogen-bond acceptors (Lipinski definition) is 2. The number of aryl methyl sites for hydroxylation is 1. The van der Waals surface area contributed by atoms with Crippen LogP contribution in [0.3, 0.4) is 0 Å². The van der Waals surface area contributed by atoms with E-state index in [9.17, 15) is 0 Å². The van der Waals surface area contributed by atoms with Crippen LogP contribution in [0.1, 0.15) is 17.5 Å². The van der Waals surface area contributed by atoms with E-state index in [1.165, 1.54) is 5.56 Å². The predicted octanol–water partition coefficient (Wildman–Crippen LogP) is 2.34. The Morgan fingerprint density at radius 3 is 3.00 bits per heavy atom. The average Bonchev–Trinajstić information content (AvgIpc) is 2.26. The van der Waals surface area contributed by atoms with Gasteiger partial charge in [0.15, 0.2) is 0 Å². The minimum absolute atomic E-state index is 0.234. The summed E-state index contributed by atoms with van der Waals surface area (Å²) in [4.78, 5) is 4.29. The second-order valence-electron chi connectivity index (χ2n) is 3.66. The van der Waals surface area contributed by atoms with Gasteiger partial charge in [-0.15, -0.1) is 0 Å². The molecule has 1 aromatic heterocycles. The molecule has 0 aliphatic carbocycles. The van der Waals surface area contributed by atoms with Crippen molar-refractivity contribution < 1.29 is 5.11 Å². The number of pyridine rings is 1. The first kappa shape index (κ1) is 10.1. The molecule has 0 fully saturated rings. The molecule has 0 saturated heterocycles. The van der Waals surface area contributed by atoms with Crippen LogP contribution in [0.4, 0.5) is 0 Å². The summed E-state index contributed by atoms with van der Waals surface area (Å²) in [5.74, 6) is 0. The summed E-state index contributed by atoms with van der Waals surface area (Å²) in [5.41, 5.74) is 3.14. The maximum atomic E-state index is 8.78. The minimum Gasteiger partial charge on any atom is -0.396 e. The van der Waals surface area contributed by atoms with Crippen LogP contribution < -0.4 is 0 Å². The molecule has 0 atom stereocenters. The third kappa shape index (κ3) is 2.16. The molecule has 0 unspecified atom stereocenters. The zero-order valence-electron chi connectivity index (χ0n) is 8.61. The highest BCUT2D eigenvalue weighted by Gasteiger charge is 2.01. The van der Waals surface area contributed by atoms with Gasteiger partial charge in [0.05, 0.1) is 5.52 Å². The maximum Gasteiger partial charge on any atom is 0.0734 e. The third-order valence-electron chi connectivity index (χ3n) is 2.47. The van der Waals surface area contributed by atoms with Gasteiger partial charge in [-0.3, -0.25) is 4.98 Å². The number of aromatic nitrogens is 1. The molecular formula is C13H14NO. The van der Waals surface area contributed by atoms with Gasteiger partial charge in [0.25, 0.3) is 0 Å². The number of hydrogen-bond donors (Lipinski definition) is 1. The molecule has 15 heavy (non-hydrogen) atoms. The Morgan fingerprint density at radius 1 is 1.33 bits per heavy atom. The fourth-order valence-electron chi connectivity index (χ4n) is 1.76. The predicted molar refractivity (Wildman–Crippen MR) is 61.6 cm³/mol. The Balaban J connectivity index is 2.43. The highest BCUT2D eigenvalue weighted by Crippen LogP contribution is 2.18. The zero-order valence-corrected chi connectivity index (χ0v) is 8.61. The van der Waals surface area contributed by atoms with Crippen LogP contribution in [0.2, 0.25) is 0 Å². The molecule has 1 N–H and O–H groups in total. The fraction of sp³-hybridized carbons (Fsp3) is 0.231. The van der Waals surface area contributed by atoms with E-state index in [1.54, 1.807) is 6.20 Å². The topological polar surface area (TPSA) is 33.1 Å². The van der Waals surface area contributed by atoms with Gasteiger partial charge < -0.3 is 5.11 Å². The van der Waals surface area contributed by atoms with Crippen LogP contribution >= 0.6 is 0 Å². The van der Waals surface area contributed by atoms with E-state index in [-0.39, 0.29) is 6.61 Å². The molecule has 0 bridgehead atoms. The van der Waals surface area contributed by atoms with E-state index in [4.69, 9.17) is 5.11 Å². The Bertz CT molecular complexity index is 465. The number of aliphatic hydroxyl groups excluding tert-OH is 1. The van der Waals surface area contributed by atoms with Gasteiger partial charge in [-0.1, -0.05) is 12.1 Å². The number of benzene rings is 1. The number of nitrogens with zero attached hydrogens (tertiary/aromatic N) is 1. The highest BCUT2D eigenvalue weighted by atomic mass is 16.2. The van der Waals surface area contributed by atoms with Gasteiger partial charge in [0.1, 0.15) is 0 Å². The van der Waals surface area contributed by atoms with Gasteiger partial charge in [-0.25, -0.2) is 0 Å². The minimum atomic E-state index is 0.234. The Kier molecular flexibility index (Phi) is 2.97. The normalized spacial score (nSPS) is 10.8. The highest BCUT2D eigenvalue weighted by molar-refractivity contribution is 5.83. The molecule has 0 aliphatic rings.